The summed E-state index contributed by atoms with van der Waals surface area (Å²) < 4.78 is 0. The molecule has 2 N–H and O–H groups in total. The van der Waals surface area contributed by atoms with Gasteiger partial charge in [-0.3, -0.25) is 0 Å². The molecule has 0 radical (unpaired) electrons. The fourth-order valence-electron chi connectivity index (χ4n) is 1.37. The van der Waals surface area contributed by atoms with Gasteiger partial charge in [-0.15, -0.1) is 0 Å². The Morgan fingerprint density at radius 1 is 1.00 bits per heavy atom. The Labute approximate surface area is 103 Å². The third-order valence-corrected chi connectivity index (χ3v) is 2.53. The predicted molar refractivity (Wildman–Crippen MR) is 65.4 cm³/mol. The van der Waals surface area contributed by atoms with Crippen molar-refractivity contribution >= 4 is 23.2 Å². The van der Waals surface area contributed by atoms with Gasteiger partial charge in [0, 0.05) is 22.2 Å². The van der Waals surface area contributed by atoms with Crippen molar-refractivity contribution in [3.05, 3.63) is 46.3 Å². The topological polar surface area (TPSA) is 51.8 Å². The molecule has 0 aliphatic carbocycles. The van der Waals surface area contributed by atoms with E-state index in [9.17, 15) is 0 Å². The van der Waals surface area contributed by atoms with E-state index < -0.39 is 0 Å². The van der Waals surface area contributed by atoms with Crippen molar-refractivity contribution in [2.45, 2.75) is 6.54 Å². The molecule has 0 atom stereocenters. The molecule has 1 aromatic heterocycles. The lowest BCUT2D eigenvalue weighted by molar-refractivity contribution is 0.966. The van der Waals surface area contributed by atoms with Gasteiger partial charge in [-0.05, 0) is 24.3 Å². The Morgan fingerprint density at radius 2 is 1.69 bits per heavy atom. The van der Waals surface area contributed by atoms with E-state index in [2.05, 4.69) is 9.97 Å². The molecule has 16 heavy (non-hydrogen) atoms. The summed E-state index contributed by atoms with van der Waals surface area (Å²) >= 11 is 11.8. The van der Waals surface area contributed by atoms with E-state index in [1.165, 1.54) is 6.33 Å². The van der Waals surface area contributed by atoms with Crippen LogP contribution in [0.5, 0.6) is 0 Å². The Hall–Kier alpha value is -1.16. The molecule has 0 fully saturated rings. The van der Waals surface area contributed by atoms with Gasteiger partial charge in [0.15, 0.2) is 0 Å². The van der Waals surface area contributed by atoms with E-state index >= 15 is 0 Å². The van der Waals surface area contributed by atoms with Crippen LogP contribution in [0.2, 0.25) is 10.0 Å². The summed E-state index contributed by atoms with van der Waals surface area (Å²) in [6.07, 6.45) is 1.48. The van der Waals surface area contributed by atoms with Gasteiger partial charge >= 0.3 is 0 Å². The maximum atomic E-state index is 5.92. The van der Waals surface area contributed by atoms with Crippen LogP contribution in [0.3, 0.4) is 0 Å². The number of benzene rings is 1. The van der Waals surface area contributed by atoms with Crippen molar-refractivity contribution in [1.29, 1.82) is 0 Å². The van der Waals surface area contributed by atoms with Crippen molar-refractivity contribution in [2.75, 3.05) is 0 Å². The van der Waals surface area contributed by atoms with Crippen molar-refractivity contribution in [1.82, 2.24) is 9.97 Å². The van der Waals surface area contributed by atoms with Crippen molar-refractivity contribution in [3.63, 3.8) is 0 Å². The minimum absolute atomic E-state index is 0.379. The van der Waals surface area contributed by atoms with Crippen molar-refractivity contribution in [3.8, 4) is 11.3 Å². The molecule has 0 saturated carbocycles. The number of hydrogen-bond donors (Lipinski definition) is 1. The second-order valence-electron chi connectivity index (χ2n) is 3.26. The molecule has 0 bridgehead atoms. The monoisotopic (exact) mass is 253 g/mol. The predicted octanol–water partition coefficient (Wildman–Crippen LogP) is 2.91. The number of nitrogens with two attached hydrogens (primary N) is 1. The highest BCUT2D eigenvalue weighted by Crippen LogP contribution is 2.25. The molecule has 0 aliphatic heterocycles. The van der Waals surface area contributed by atoms with Crippen LogP contribution < -0.4 is 5.73 Å². The number of hydrogen-bond acceptors (Lipinski definition) is 3. The van der Waals surface area contributed by atoms with Gasteiger partial charge < -0.3 is 5.73 Å². The fourth-order valence-corrected chi connectivity index (χ4v) is 1.89. The van der Waals surface area contributed by atoms with Crippen LogP contribution in [-0.4, -0.2) is 9.97 Å². The third-order valence-electron chi connectivity index (χ3n) is 2.09. The minimum atomic E-state index is 0.379. The summed E-state index contributed by atoms with van der Waals surface area (Å²) in [7, 11) is 0. The van der Waals surface area contributed by atoms with Crippen molar-refractivity contribution < 1.29 is 0 Å². The molecule has 1 aromatic carbocycles. The highest BCUT2D eigenvalue weighted by Gasteiger charge is 2.03. The van der Waals surface area contributed by atoms with Gasteiger partial charge in [-0.2, -0.15) is 0 Å². The summed E-state index contributed by atoms with van der Waals surface area (Å²) in [5, 5.41) is 1.16. The third kappa shape index (κ3) is 2.50. The van der Waals surface area contributed by atoms with Gasteiger partial charge in [0.05, 0.1) is 11.4 Å². The molecule has 2 aromatic rings. The Morgan fingerprint density at radius 3 is 2.31 bits per heavy atom. The normalized spacial score (nSPS) is 10.4. The Bertz CT molecular complexity index is 494. The summed E-state index contributed by atoms with van der Waals surface area (Å²) in [6.45, 7) is 0.379. The molecule has 82 valence electrons. The van der Waals surface area contributed by atoms with Crippen LogP contribution in [0.1, 0.15) is 5.69 Å². The molecule has 1 heterocycles. The second kappa shape index (κ2) is 4.78. The lowest BCUT2D eigenvalue weighted by atomic mass is 10.1. The van der Waals surface area contributed by atoms with Crippen LogP contribution in [0.4, 0.5) is 0 Å². The fraction of sp³-hybridized carbons (Fsp3) is 0.0909. The lowest BCUT2D eigenvalue weighted by Crippen LogP contribution is -2.00. The van der Waals surface area contributed by atoms with Gasteiger partial charge in [0.2, 0.25) is 0 Å². The molecule has 0 spiro atoms. The molecule has 0 aliphatic rings. The number of halogens is 2. The smallest absolute Gasteiger partial charge is 0.116 e. The highest BCUT2D eigenvalue weighted by atomic mass is 35.5. The van der Waals surface area contributed by atoms with E-state index in [-0.39, 0.29) is 0 Å². The molecule has 3 nitrogen and oxygen atoms in total. The quantitative estimate of drug-likeness (QED) is 0.896. The molecule has 2 rings (SSSR count). The Balaban J connectivity index is 2.49. The average Bonchev–Trinajstić information content (AvgIpc) is 2.28. The van der Waals surface area contributed by atoms with Gasteiger partial charge in [-0.1, -0.05) is 23.2 Å². The number of nitrogens with zero attached hydrogens (tertiary/aromatic N) is 2. The van der Waals surface area contributed by atoms with Crippen LogP contribution >= 0.6 is 23.2 Å². The molecule has 5 heteroatoms. The lowest BCUT2D eigenvalue weighted by Gasteiger charge is -2.03. The first-order valence-corrected chi connectivity index (χ1v) is 5.42. The first-order valence-electron chi connectivity index (χ1n) is 4.66. The first kappa shape index (κ1) is 11.3. The van der Waals surface area contributed by atoms with E-state index in [0.717, 1.165) is 17.0 Å². The largest absolute Gasteiger partial charge is 0.325 e. The average molecular weight is 254 g/mol. The van der Waals surface area contributed by atoms with Crippen LogP contribution in [0.25, 0.3) is 11.3 Å². The zero-order chi connectivity index (χ0) is 11.5. The maximum absolute atomic E-state index is 5.92. The molecule has 0 saturated heterocycles. The van der Waals surface area contributed by atoms with Gasteiger partial charge in [-0.25, -0.2) is 9.97 Å². The molecule has 0 amide bonds. The summed E-state index contributed by atoms with van der Waals surface area (Å²) in [6, 6.07) is 7.10. The van der Waals surface area contributed by atoms with Crippen molar-refractivity contribution in [2.24, 2.45) is 5.73 Å². The Kier molecular flexibility index (Phi) is 3.39. The van der Waals surface area contributed by atoms with E-state index in [4.69, 9.17) is 28.9 Å². The summed E-state index contributed by atoms with van der Waals surface area (Å²) in [5.41, 5.74) is 7.91. The zero-order valence-corrected chi connectivity index (χ0v) is 9.83. The van der Waals surface area contributed by atoms with E-state index in [1.807, 2.05) is 6.07 Å². The van der Waals surface area contributed by atoms with Crippen LogP contribution in [0.15, 0.2) is 30.6 Å². The number of aromatic nitrogens is 2. The van der Waals surface area contributed by atoms with Gasteiger partial charge in [0.1, 0.15) is 6.33 Å². The number of rotatable bonds is 2. The zero-order valence-electron chi connectivity index (χ0n) is 8.32. The van der Waals surface area contributed by atoms with Crippen LogP contribution in [-0.2, 0) is 6.54 Å². The van der Waals surface area contributed by atoms with E-state index in [1.54, 1.807) is 18.2 Å². The second-order valence-corrected chi connectivity index (χ2v) is 4.13. The summed E-state index contributed by atoms with van der Waals surface area (Å²) in [5.74, 6) is 0. The van der Waals surface area contributed by atoms with Crippen LogP contribution in [0, 0.1) is 0 Å². The first-order chi connectivity index (χ1) is 7.69. The van der Waals surface area contributed by atoms with Gasteiger partial charge in [0.25, 0.3) is 0 Å². The SMILES string of the molecule is NCc1cc(-c2cc(Cl)cc(Cl)c2)ncn1. The molecule has 0 unspecified atom stereocenters. The molecular weight excluding hydrogens is 245 g/mol. The van der Waals surface area contributed by atoms with E-state index in [0.29, 0.717) is 16.6 Å². The highest BCUT2D eigenvalue weighted by molar-refractivity contribution is 6.35. The molecular formula is C11H9Cl2N3. The minimum Gasteiger partial charge on any atom is -0.325 e. The maximum Gasteiger partial charge on any atom is 0.116 e. The summed E-state index contributed by atoms with van der Waals surface area (Å²) in [4.78, 5) is 8.18. The standard InChI is InChI=1S/C11H9Cl2N3/c12-8-1-7(2-9(13)3-8)11-4-10(5-14)15-6-16-11/h1-4,6H,5,14H2.